The van der Waals surface area contributed by atoms with Crippen LogP contribution in [0.1, 0.15) is 26.2 Å². The monoisotopic (exact) mass is 400 g/mol. The lowest BCUT2D eigenvalue weighted by molar-refractivity contribution is 0.163. The fourth-order valence-corrected chi connectivity index (χ4v) is 2.61. The molecule has 0 aromatic heterocycles. The van der Waals surface area contributed by atoms with Crippen molar-refractivity contribution in [1.82, 2.24) is 15.5 Å². The molecule has 2 N–H and O–H groups in total. The van der Waals surface area contributed by atoms with Crippen molar-refractivity contribution in [3.8, 4) is 0 Å². The fraction of sp³-hybridized carbons (Fsp3) is 0.923. The predicted molar refractivity (Wildman–Crippen MR) is 98.0 cm³/mol. The number of aliphatic imine (C=N–C) groups is 1. The third-order valence-electron chi connectivity index (χ3n) is 3.45. The fourth-order valence-electron chi connectivity index (χ4n) is 2.30. The third-order valence-corrected chi connectivity index (χ3v) is 4.07. The van der Waals surface area contributed by atoms with Gasteiger partial charge in [-0.1, -0.05) is 6.42 Å². The Morgan fingerprint density at radius 1 is 1.32 bits per heavy atom. The average molecular weight is 400 g/mol. The number of likely N-dealkylation sites (tertiary alicyclic amines) is 1. The van der Waals surface area contributed by atoms with Gasteiger partial charge < -0.3 is 10.6 Å². The molecule has 0 saturated carbocycles. The molecule has 0 bridgehead atoms. The number of guanidine groups is 1. The lowest BCUT2D eigenvalue weighted by atomic mass is 10.0. The van der Waals surface area contributed by atoms with E-state index in [-0.39, 0.29) is 24.0 Å². The van der Waals surface area contributed by atoms with Gasteiger partial charge in [-0.05, 0) is 32.6 Å². The minimum Gasteiger partial charge on any atom is -0.356 e. The molecule has 1 fully saturated rings. The van der Waals surface area contributed by atoms with E-state index in [0.29, 0.717) is 0 Å². The molecular formula is C13H29IN4S. The molecule has 1 saturated heterocycles. The number of hydrogen-bond donors (Lipinski definition) is 2. The minimum atomic E-state index is 0. The SMILES string of the molecule is CN=C(NCCSC)NCCN1CCCCC1C.I. The summed E-state index contributed by atoms with van der Waals surface area (Å²) in [6, 6.07) is 0.743. The summed E-state index contributed by atoms with van der Waals surface area (Å²) in [5, 5.41) is 6.70. The zero-order chi connectivity index (χ0) is 13.2. The molecule has 0 aromatic rings. The third kappa shape index (κ3) is 8.24. The first-order valence-corrected chi connectivity index (χ1v) is 8.34. The molecule has 1 heterocycles. The lowest BCUT2D eigenvalue weighted by Gasteiger charge is -2.33. The Morgan fingerprint density at radius 3 is 2.68 bits per heavy atom. The summed E-state index contributed by atoms with van der Waals surface area (Å²) in [5.74, 6) is 2.04. The number of rotatable bonds is 6. The Hall–Kier alpha value is 0.310. The highest BCUT2D eigenvalue weighted by molar-refractivity contribution is 14.0. The molecule has 1 unspecified atom stereocenters. The van der Waals surface area contributed by atoms with Gasteiger partial charge in [0.15, 0.2) is 5.96 Å². The predicted octanol–water partition coefficient (Wildman–Crippen LogP) is 2.01. The van der Waals surface area contributed by atoms with Gasteiger partial charge in [0, 0.05) is 38.5 Å². The lowest BCUT2D eigenvalue weighted by Crippen LogP contribution is -2.45. The Kier molecular flexibility index (Phi) is 12.3. The number of halogens is 1. The van der Waals surface area contributed by atoms with Crippen LogP contribution in [0.15, 0.2) is 4.99 Å². The first kappa shape index (κ1) is 19.3. The minimum absolute atomic E-state index is 0. The van der Waals surface area contributed by atoms with Crippen molar-refractivity contribution in [2.24, 2.45) is 4.99 Å². The Morgan fingerprint density at radius 2 is 2.05 bits per heavy atom. The zero-order valence-corrected chi connectivity index (χ0v) is 15.6. The molecular weight excluding hydrogens is 371 g/mol. The van der Waals surface area contributed by atoms with Crippen molar-refractivity contribution < 1.29 is 0 Å². The second-order valence-corrected chi connectivity index (χ2v) is 5.78. The molecule has 1 aliphatic rings. The van der Waals surface area contributed by atoms with Gasteiger partial charge in [0.25, 0.3) is 0 Å². The topological polar surface area (TPSA) is 39.7 Å². The van der Waals surface area contributed by atoms with Crippen LogP contribution in [-0.4, -0.2) is 62.1 Å². The maximum atomic E-state index is 4.23. The second kappa shape index (κ2) is 12.1. The van der Waals surface area contributed by atoms with Gasteiger partial charge in [-0.25, -0.2) is 0 Å². The standard InChI is InChI=1S/C13H28N4S.HI/c1-12-6-4-5-9-17(12)10-7-15-13(14-2)16-8-11-18-3;/h12H,4-11H2,1-3H3,(H2,14,15,16);1H. The van der Waals surface area contributed by atoms with Crippen LogP contribution in [0.3, 0.4) is 0 Å². The van der Waals surface area contributed by atoms with Crippen LogP contribution in [0, 0.1) is 0 Å². The highest BCUT2D eigenvalue weighted by Gasteiger charge is 2.17. The van der Waals surface area contributed by atoms with Gasteiger partial charge in [0.1, 0.15) is 0 Å². The number of hydrogen-bond acceptors (Lipinski definition) is 3. The van der Waals surface area contributed by atoms with Crippen molar-refractivity contribution >= 4 is 41.7 Å². The van der Waals surface area contributed by atoms with Gasteiger partial charge >= 0.3 is 0 Å². The summed E-state index contributed by atoms with van der Waals surface area (Å²) in [5.41, 5.74) is 0. The van der Waals surface area contributed by atoms with Crippen LogP contribution in [0.25, 0.3) is 0 Å². The van der Waals surface area contributed by atoms with E-state index in [1.165, 1.54) is 25.8 Å². The van der Waals surface area contributed by atoms with Crippen LogP contribution in [0.4, 0.5) is 0 Å². The first-order valence-electron chi connectivity index (χ1n) is 6.95. The van der Waals surface area contributed by atoms with Crippen LogP contribution >= 0.6 is 35.7 Å². The molecule has 0 aromatic carbocycles. The van der Waals surface area contributed by atoms with E-state index in [1.54, 1.807) is 0 Å². The normalized spacial score (nSPS) is 20.8. The van der Waals surface area contributed by atoms with Crippen molar-refractivity contribution in [2.45, 2.75) is 32.2 Å². The molecule has 114 valence electrons. The molecule has 0 radical (unpaired) electrons. The summed E-state index contributed by atoms with van der Waals surface area (Å²) in [4.78, 5) is 6.80. The van der Waals surface area contributed by atoms with Gasteiger partial charge in [-0.15, -0.1) is 24.0 Å². The smallest absolute Gasteiger partial charge is 0.191 e. The molecule has 6 heteroatoms. The van der Waals surface area contributed by atoms with E-state index >= 15 is 0 Å². The largest absolute Gasteiger partial charge is 0.356 e. The van der Waals surface area contributed by atoms with Crippen molar-refractivity contribution in [1.29, 1.82) is 0 Å². The first-order chi connectivity index (χ1) is 8.77. The van der Waals surface area contributed by atoms with Gasteiger partial charge in [-0.2, -0.15) is 11.8 Å². The van der Waals surface area contributed by atoms with E-state index in [2.05, 4.69) is 33.7 Å². The van der Waals surface area contributed by atoms with E-state index in [9.17, 15) is 0 Å². The Bertz CT molecular complexity index is 251. The molecule has 0 spiro atoms. The summed E-state index contributed by atoms with van der Waals surface area (Å²) in [6.45, 7) is 6.65. The summed E-state index contributed by atoms with van der Waals surface area (Å²) < 4.78 is 0. The molecule has 1 rings (SSSR count). The van der Waals surface area contributed by atoms with Gasteiger partial charge in [-0.3, -0.25) is 9.89 Å². The van der Waals surface area contributed by atoms with Crippen LogP contribution in [0.2, 0.25) is 0 Å². The maximum Gasteiger partial charge on any atom is 0.191 e. The highest BCUT2D eigenvalue weighted by Crippen LogP contribution is 2.15. The number of nitrogens with zero attached hydrogens (tertiary/aromatic N) is 2. The zero-order valence-electron chi connectivity index (χ0n) is 12.4. The summed E-state index contributed by atoms with van der Waals surface area (Å²) >= 11 is 1.85. The van der Waals surface area contributed by atoms with E-state index in [0.717, 1.165) is 37.4 Å². The molecule has 1 aliphatic heterocycles. The Labute approximate surface area is 139 Å². The highest BCUT2D eigenvalue weighted by atomic mass is 127. The van der Waals surface area contributed by atoms with E-state index in [1.807, 2.05) is 18.8 Å². The maximum absolute atomic E-state index is 4.23. The van der Waals surface area contributed by atoms with Gasteiger partial charge in [0.2, 0.25) is 0 Å². The van der Waals surface area contributed by atoms with Crippen molar-refractivity contribution in [3.05, 3.63) is 0 Å². The van der Waals surface area contributed by atoms with E-state index < -0.39 is 0 Å². The number of thioether (sulfide) groups is 1. The Balaban J connectivity index is 0.00000324. The van der Waals surface area contributed by atoms with E-state index in [4.69, 9.17) is 0 Å². The van der Waals surface area contributed by atoms with Crippen LogP contribution < -0.4 is 10.6 Å². The molecule has 1 atom stereocenters. The van der Waals surface area contributed by atoms with Gasteiger partial charge in [0.05, 0.1) is 0 Å². The van der Waals surface area contributed by atoms with Crippen molar-refractivity contribution in [3.63, 3.8) is 0 Å². The summed E-state index contributed by atoms with van der Waals surface area (Å²) in [6.07, 6.45) is 6.21. The quantitative estimate of drug-likeness (QED) is 0.310. The van der Waals surface area contributed by atoms with Crippen LogP contribution in [-0.2, 0) is 0 Å². The number of piperidine rings is 1. The molecule has 19 heavy (non-hydrogen) atoms. The summed E-state index contributed by atoms with van der Waals surface area (Å²) in [7, 11) is 1.83. The molecule has 0 aliphatic carbocycles. The van der Waals surface area contributed by atoms with Crippen molar-refractivity contribution in [2.75, 3.05) is 45.2 Å². The molecule has 0 amide bonds. The average Bonchev–Trinajstić information content (AvgIpc) is 2.39. The van der Waals surface area contributed by atoms with Crippen LogP contribution in [0.5, 0.6) is 0 Å². The second-order valence-electron chi connectivity index (χ2n) is 4.80. The number of nitrogens with one attached hydrogen (secondary N) is 2. The molecule has 4 nitrogen and oxygen atoms in total.